The molecule has 2 aromatic heterocycles. The minimum absolute atomic E-state index is 0.0861. The lowest BCUT2D eigenvalue weighted by molar-refractivity contribution is -0.137. The first-order chi connectivity index (χ1) is 27.8. The molecule has 6 rings (SSSR count). The molecule has 2 amide bonds. The van der Waals surface area contributed by atoms with E-state index in [1.54, 1.807) is 72.8 Å². The molecule has 0 saturated carbocycles. The van der Waals surface area contributed by atoms with Crippen molar-refractivity contribution in [2.24, 2.45) is 0 Å². The summed E-state index contributed by atoms with van der Waals surface area (Å²) < 4.78 is 46.6. The number of amides is 2. The van der Waals surface area contributed by atoms with Crippen molar-refractivity contribution < 1.29 is 27.5 Å². The fraction of sp³-hybridized carbons (Fsp3) is 0.0952. The zero-order valence-corrected chi connectivity index (χ0v) is 30.5. The van der Waals surface area contributed by atoms with Crippen LogP contribution in [0.2, 0.25) is 0 Å². The summed E-state index contributed by atoms with van der Waals surface area (Å²) in [6, 6.07) is 23.6. The lowest BCUT2D eigenvalue weighted by Crippen LogP contribution is -2.34. The molecular weight excluding hydrogens is 750 g/mol. The zero-order chi connectivity index (χ0) is 41.4. The molecule has 0 aliphatic heterocycles. The Kier molecular flexibility index (Phi) is 11.7. The molecule has 16 heteroatoms. The topological polar surface area (TPSA) is 223 Å². The zero-order valence-electron chi connectivity index (χ0n) is 30.5. The largest absolute Gasteiger partial charge is 0.497 e. The van der Waals surface area contributed by atoms with Gasteiger partial charge < -0.3 is 38.3 Å². The number of nitrogens with one attached hydrogen (secondary N) is 2. The quantitative estimate of drug-likeness (QED) is 0.105. The Hall–Kier alpha value is -8.11. The molecule has 0 aliphatic rings. The molecule has 0 aliphatic carbocycles. The molecular formula is C42H33F3N10O3. The number of hydrogen-bond acceptors (Lipinski definition) is 11. The van der Waals surface area contributed by atoms with Crippen molar-refractivity contribution in [1.82, 2.24) is 19.9 Å². The maximum atomic E-state index is 14.6. The first-order valence-corrected chi connectivity index (χ1v) is 17.2. The Labute approximate surface area is 330 Å². The number of benzene rings is 4. The summed E-state index contributed by atoms with van der Waals surface area (Å²) in [5.41, 5.74) is 25.1. The van der Waals surface area contributed by atoms with E-state index in [1.807, 2.05) is 0 Å². The van der Waals surface area contributed by atoms with Crippen LogP contribution in [0.1, 0.15) is 50.8 Å². The van der Waals surface area contributed by atoms with E-state index in [0.29, 0.717) is 28.1 Å². The number of carbonyl (C=O) groups excluding carboxylic acids is 2. The summed E-state index contributed by atoms with van der Waals surface area (Å²) in [6.45, 7) is 0. The average Bonchev–Trinajstić information content (AvgIpc) is 3.19. The molecule has 10 N–H and O–H groups in total. The number of ether oxygens (including phenoxy) is 1. The van der Waals surface area contributed by atoms with Crippen molar-refractivity contribution in [3.05, 3.63) is 149 Å². The van der Waals surface area contributed by atoms with Crippen molar-refractivity contribution in [2.75, 3.05) is 40.7 Å². The summed E-state index contributed by atoms with van der Waals surface area (Å²) in [6.07, 6.45) is -2.23. The van der Waals surface area contributed by atoms with Crippen LogP contribution >= 0.6 is 0 Å². The number of anilines is 6. The van der Waals surface area contributed by atoms with E-state index in [-0.39, 0.29) is 45.6 Å². The van der Waals surface area contributed by atoms with Gasteiger partial charge in [0.25, 0.3) is 0 Å². The van der Waals surface area contributed by atoms with Gasteiger partial charge in [-0.05, 0) is 71.8 Å². The molecule has 13 nitrogen and oxygen atoms in total. The van der Waals surface area contributed by atoms with Crippen molar-refractivity contribution in [3.8, 4) is 29.4 Å². The summed E-state index contributed by atoms with van der Waals surface area (Å²) in [5, 5.41) is 5.70. The van der Waals surface area contributed by atoms with Gasteiger partial charge in [0.2, 0.25) is 11.8 Å². The van der Waals surface area contributed by atoms with Crippen LogP contribution in [0.5, 0.6) is 5.75 Å². The highest BCUT2D eigenvalue weighted by atomic mass is 19.4. The summed E-state index contributed by atoms with van der Waals surface area (Å²) >= 11 is 0. The maximum absolute atomic E-state index is 14.6. The van der Waals surface area contributed by atoms with Crippen molar-refractivity contribution >= 4 is 46.5 Å². The lowest BCUT2D eigenvalue weighted by Gasteiger charge is -2.27. The molecule has 0 radical (unpaired) electrons. The van der Waals surface area contributed by atoms with Crippen LogP contribution in [0.4, 0.5) is 47.8 Å². The van der Waals surface area contributed by atoms with Gasteiger partial charge >= 0.3 is 6.18 Å². The molecule has 2 atom stereocenters. The summed E-state index contributed by atoms with van der Waals surface area (Å²) in [7, 11) is 1.44. The number of nitrogens with zero attached hydrogens (tertiary/aromatic N) is 4. The van der Waals surface area contributed by atoms with Gasteiger partial charge in [-0.3, -0.25) is 9.59 Å². The van der Waals surface area contributed by atoms with Crippen LogP contribution in [0.25, 0.3) is 0 Å². The van der Waals surface area contributed by atoms with Gasteiger partial charge in [-0.25, -0.2) is 19.9 Å². The molecule has 2 heterocycles. The van der Waals surface area contributed by atoms with Crippen LogP contribution in [-0.2, 0) is 15.8 Å². The number of carbonyl (C=O) groups is 2. The summed E-state index contributed by atoms with van der Waals surface area (Å²) in [4.78, 5) is 44.8. The second-order valence-corrected chi connectivity index (χ2v) is 12.5. The monoisotopic (exact) mass is 782 g/mol. The molecule has 0 fully saturated rings. The van der Waals surface area contributed by atoms with E-state index in [9.17, 15) is 22.8 Å². The Bertz CT molecular complexity index is 2590. The highest BCUT2D eigenvalue weighted by Gasteiger charge is 2.38. The number of aromatic nitrogens is 4. The van der Waals surface area contributed by atoms with E-state index in [1.165, 1.54) is 31.9 Å². The third kappa shape index (κ3) is 9.39. The van der Waals surface area contributed by atoms with Gasteiger partial charge in [-0.2, -0.15) is 13.2 Å². The molecule has 290 valence electrons. The number of methoxy groups -OCH3 is 1. The molecule has 0 bridgehead atoms. The highest BCUT2D eigenvalue weighted by Crippen LogP contribution is 2.38. The number of nitrogen functional groups attached to an aromatic ring is 4. The van der Waals surface area contributed by atoms with Crippen LogP contribution < -0.4 is 38.3 Å². The Morgan fingerprint density at radius 3 is 1.50 bits per heavy atom. The van der Waals surface area contributed by atoms with E-state index >= 15 is 0 Å². The van der Waals surface area contributed by atoms with Crippen LogP contribution in [-0.4, -0.2) is 38.9 Å². The summed E-state index contributed by atoms with van der Waals surface area (Å²) in [5.74, 6) is 8.18. The van der Waals surface area contributed by atoms with Crippen LogP contribution in [0.3, 0.4) is 0 Å². The Morgan fingerprint density at radius 1 is 0.603 bits per heavy atom. The van der Waals surface area contributed by atoms with Crippen molar-refractivity contribution in [3.63, 3.8) is 0 Å². The smallest absolute Gasteiger partial charge is 0.416 e. The Morgan fingerprint density at radius 2 is 1.05 bits per heavy atom. The number of hydrogen-bond donors (Lipinski definition) is 6. The van der Waals surface area contributed by atoms with Crippen molar-refractivity contribution in [1.29, 1.82) is 0 Å². The first-order valence-electron chi connectivity index (χ1n) is 17.2. The van der Waals surface area contributed by atoms with E-state index < -0.39 is 35.4 Å². The highest BCUT2D eigenvalue weighted by molar-refractivity contribution is 6.05. The molecule has 0 saturated heterocycles. The van der Waals surface area contributed by atoms with E-state index in [0.717, 1.165) is 12.1 Å². The molecule has 2 unspecified atom stereocenters. The van der Waals surface area contributed by atoms with Gasteiger partial charge in [0.15, 0.2) is 0 Å². The van der Waals surface area contributed by atoms with E-state index in [4.69, 9.17) is 27.7 Å². The molecule has 6 aromatic rings. The van der Waals surface area contributed by atoms with Gasteiger partial charge in [-0.1, -0.05) is 60.1 Å². The molecule has 58 heavy (non-hydrogen) atoms. The van der Waals surface area contributed by atoms with Gasteiger partial charge in [0.05, 0.1) is 24.5 Å². The number of rotatable bonds is 8. The molecule has 0 spiro atoms. The van der Waals surface area contributed by atoms with E-state index in [2.05, 4.69) is 54.3 Å². The predicted molar refractivity (Wildman–Crippen MR) is 214 cm³/mol. The number of halogens is 3. The Balaban J connectivity index is 1.39. The maximum Gasteiger partial charge on any atom is 0.416 e. The van der Waals surface area contributed by atoms with Gasteiger partial charge in [0, 0.05) is 22.5 Å². The third-order valence-corrected chi connectivity index (χ3v) is 8.68. The number of nitrogens with two attached hydrogens (primary N) is 4. The normalized spacial score (nSPS) is 11.8. The molecule has 4 aromatic carbocycles. The number of alkyl halides is 3. The second kappa shape index (κ2) is 17.1. The third-order valence-electron chi connectivity index (χ3n) is 8.68. The average molecular weight is 783 g/mol. The predicted octanol–water partition coefficient (Wildman–Crippen LogP) is 5.57. The standard InChI is InChI=1S/C42H33F3N10O3/c1-58-31-10-4-7-27(21-31)35(41(57)55-30-9-3-6-25(20-30)12-18-33-38(48)52-23-53-39(33)49)34(26-13-15-28(16-14-26)42(43,44)45)40(56)54-29-8-2-5-24(19-29)11-17-32-36(46)50-22-51-37(32)47/h2-10,13-16,19-23,34-35H,1H3,(H,54,56)(H,55,57)(H4,46,47,50,51)(H4,48,49,52,53). The fourth-order valence-electron chi connectivity index (χ4n) is 5.85. The lowest BCUT2D eigenvalue weighted by atomic mass is 9.79. The SMILES string of the molecule is COc1cccc(C(C(=O)Nc2cccc(C#Cc3c(N)ncnc3N)c2)C(C(=O)Nc2cccc(C#Cc3c(N)ncnc3N)c2)c2ccc(C(F)(F)F)cc2)c1. The fourth-order valence-corrected chi connectivity index (χ4v) is 5.85. The minimum Gasteiger partial charge on any atom is -0.497 e. The van der Waals surface area contributed by atoms with Crippen LogP contribution in [0.15, 0.2) is 110 Å². The first kappa shape index (κ1) is 39.6. The van der Waals surface area contributed by atoms with Gasteiger partial charge in [0.1, 0.15) is 52.8 Å². The van der Waals surface area contributed by atoms with Crippen LogP contribution in [0, 0.1) is 23.7 Å². The minimum atomic E-state index is -4.65. The second-order valence-electron chi connectivity index (χ2n) is 12.5. The van der Waals surface area contributed by atoms with Gasteiger partial charge in [-0.15, -0.1) is 0 Å². The van der Waals surface area contributed by atoms with Crippen molar-refractivity contribution in [2.45, 2.75) is 18.0 Å².